The van der Waals surface area contributed by atoms with E-state index >= 15 is 0 Å². The van der Waals surface area contributed by atoms with E-state index in [0.29, 0.717) is 0 Å². The van der Waals surface area contributed by atoms with E-state index in [4.69, 9.17) is 0 Å². The zero-order chi connectivity index (χ0) is 25.3. The van der Waals surface area contributed by atoms with E-state index < -0.39 is 51.9 Å². The number of hydrogen-bond donors (Lipinski definition) is 3. The summed E-state index contributed by atoms with van der Waals surface area (Å²) in [7, 11) is 0. The molecule has 0 aromatic heterocycles. The van der Waals surface area contributed by atoms with Crippen molar-refractivity contribution in [2.24, 2.45) is 0 Å². The lowest BCUT2D eigenvalue weighted by molar-refractivity contribution is -0.115. The van der Waals surface area contributed by atoms with Crippen LogP contribution in [0.4, 0.5) is 0 Å². The topological polar surface area (TPSA) is 163 Å². The molecule has 0 aliphatic rings. The van der Waals surface area contributed by atoms with Crippen LogP contribution in [0.2, 0.25) is 0 Å². The third-order valence-electron chi connectivity index (χ3n) is 5.00. The molecule has 33 heavy (non-hydrogen) atoms. The van der Waals surface area contributed by atoms with Gasteiger partial charge in [-0.25, -0.2) is 14.4 Å². The second-order valence-electron chi connectivity index (χ2n) is 6.99. The predicted octanol–water partition coefficient (Wildman–Crippen LogP) is 2.84. The molecule has 0 fully saturated rings. The minimum absolute atomic E-state index is 0.252. The van der Waals surface area contributed by atoms with Gasteiger partial charge >= 0.3 is 17.9 Å². The van der Waals surface area contributed by atoms with Crippen LogP contribution in [0.3, 0.4) is 0 Å². The van der Waals surface area contributed by atoms with Crippen molar-refractivity contribution in [2.45, 2.75) is 38.5 Å². The average Bonchev–Trinajstić information content (AvgIpc) is 2.77. The predicted molar refractivity (Wildman–Crippen MR) is 118 cm³/mol. The van der Waals surface area contributed by atoms with Crippen molar-refractivity contribution >= 4 is 35.3 Å². The molecule has 0 aliphatic heterocycles. The highest BCUT2D eigenvalue weighted by Gasteiger charge is 2.32. The fourth-order valence-electron chi connectivity index (χ4n) is 3.50. The molecule has 1 aromatic carbocycles. The van der Waals surface area contributed by atoms with Gasteiger partial charge in [0.15, 0.2) is 17.3 Å². The molecule has 0 bridgehead atoms. The van der Waals surface area contributed by atoms with Gasteiger partial charge in [0.05, 0.1) is 16.7 Å². The highest BCUT2D eigenvalue weighted by Crippen LogP contribution is 2.32. The lowest BCUT2D eigenvalue weighted by Gasteiger charge is -2.22. The summed E-state index contributed by atoms with van der Waals surface area (Å²) in [6, 6.07) is 0. The molecule has 0 saturated carbocycles. The quantitative estimate of drug-likeness (QED) is 0.337. The first-order valence-corrected chi connectivity index (χ1v) is 9.86. The molecule has 174 valence electrons. The maximum absolute atomic E-state index is 12.2. The Morgan fingerprint density at radius 1 is 0.515 bits per heavy atom. The molecule has 9 heteroatoms. The summed E-state index contributed by atoms with van der Waals surface area (Å²) in [5.41, 5.74) is -2.51. The van der Waals surface area contributed by atoms with E-state index in [1.807, 2.05) is 0 Å². The van der Waals surface area contributed by atoms with E-state index in [1.54, 1.807) is 0 Å². The number of aromatic carboxylic acids is 3. The number of carboxylic acid groups (broad SMARTS) is 3. The van der Waals surface area contributed by atoms with Gasteiger partial charge < -0.3 is 15.3 Å². The highest BCUT2D eigenvalue weighted by atomic mass is 16.4. The Bertz CT molecular complexity index is 906. The van der Waals surface area contributed by atoms with Crippen molar-refractivity contribution in [3.63, 3.8) is 0 Å². The van der Waals surface area contributed by atoms with Gasteiger partial charge in [0.1, 0.15) is 0 Å². The molecular weight excluding hydrogens is 432 g/mol. The van der Waals surface area contributed by atoms with E-state index in [2.05, 4.69) is 19.7 Å². The van der Waals surface area contributed by atoms with Gasteiger partial charge in [0.25, 0.3) is 0 Å². The van der Waals surface area contributed by atoms with Gasteiger partial charge in [-0.1, -0.05) is 19.7 Å². The van der Waals surface area contributed by atoms with Gasteiger partial charge in [-0.15, -0.1) is 0 Å². The van der Waals surface area contributed by atoms with Crippen LogP contribution in [0.15, 0.2) is 38.0 Å². The highest BCUT2D eigenvalue weighted by molar-refractivity contribution is 6.06. The van der Waals surface area contributed by atoms with Crippen LogP contribution in [0.1, 0.15) is 67.0 Å². The lowest BCUT2D eigenvalue weighted by atomic mass is 9.81. The van der Waals surface area contributed by atoms with Gasteiger partial charge in [0.2, 0.25) is 0 Å². The fraction of sp³-hybridized carbons (Fsp3) is 0.250. The van der Waals surface area contributed by atoms with E-state index in [-0.39, 0.29) is 55.2 Å². The molecule has 0 atom stereocenters. The summed E-state index contributed by atoms with van der Waals surface area (Å²) in [6.07, 6.45) is 1.22. The van der Waals surface area contributed by atoms with Crippen LogP contribution in [0, 0.1) is 0 Å². The molecule has 0 amide bonds. The number of carboxylic acids is 3. The summed E-state index contributed by atoms with van der Waals surface area (Å²) < 4.78 is 0. The molecule has 0 spiro atoms. The van der Waals surface area contributed by atoms with Crippen LogP contribution in [-0.2, 0) is 33.6 Å². The van der Waals surface area contributed by atoms with Crippen molar-refractivity contribution in [1.29, 1.82) is 0 Å². The number of rotatable bonds is 15. The smallest absolute Gasteiger partial charge is 0.336 e. The summed E-state index contributed by atoms with van der Waals surface area (Å²) in [5.74, 6) is -6.23. The fourth-order valence-corrected chi connectivity index (χ4v) is 3.50. The van der Waals surface area contributed by atoms with Crippen molar-refractivity contribution < 1.29 is 44.1 Å². The number of allylic oxidation sites excluding steroid dienone is 3. The number of benzene rings is 1. The van der Waals surface area contributed by atoms with Gasteiger partial charge in [0, 0.05) is 19.3 Å². The zero-order valence-corrected chi connectivity index (χ0v) is 17.9. The van der Waals surface area contributed by atoms with Gasteiger partial charge in [-0.05, 0) is 54.2 Å². The van der Waals surface area contributed by atoms with Gasteiger partial charge in [-0.2, -0.15) is 0 Å². The minimum atomic E-state index is -1.60. The Morgan fingerprint density at radius 2 is 0.727 bits per heavy atom. The monoisotopic (exact) mass is 456 g/mol. The summed E-state index contributed by atoms with van der Waals surface area (Å²) >= 11 is 0. The SMILES string of the molecule is C=CC(=O)CCc1c(C(=O)O)c(CCC(=O)C=C)c(C(=O)O)c(CCC(=O)C=C)c1C(=O)O. The molecule has 9 nitrogen and oxygen atoms in total. The van der Waals surface area contributed by atoms with Crippen molar-refractivity contribution in [1.82, 2.24) is 0 Å². The minimum Gasteiger partial charge on any atom is -0.478 e. The van der Waals surface area contributed by atoms with Gasteiger partial charge in [-0.3, -0.25) is 14.4 Å². The number of carbonyl (C=O) groups excluding carboxylic acids is 3. The molecular formula is C24H24O9. The molecule has 0 saturated heterocycles. The first-order valence-electron chi connectivity index (χ1n) is 9.86. The lowest BCUT2D eigenvalue weighted by Crippen LogP contribution is -2.23. The molecule has 0 radical (unpaired) electrons. The van der Waals surface area contributed by atoms with Crippen LogP contribution in [0.25, 0.3) is 0 Å². The Hall–Kier alpha value is -4.14. The third-order valence-corrected chi connectivity index (χ3v) is 5.00. The summed E-state index contributed by atoms with van der Waals surface area (Å²) in [5, 5.41) is 29.7. The van der Waals surface area contributed by atoms with E-state index in [9.17, 15) is 44.1 Å². The maximum atomic E-state index is 12.2. The normalized spacial score (nSPS) is 10.2. The second kappa shape index (κ2) is 12.0. The standard InChI is InChI=1S/C24H24O9/c1-4-13(25)7-10-16-19(22(28)29)17(11-8-14(26)5-2)21(24(32)33)18(20(16)23(30)31)12-9-15(27)6-3/h4-6H,1-3,7-12H2,(H,28,29)(H,30,31)(H,32,33). The molecule has 0 unspecified atom stereocenters. The second-order valence-corrected chi connectivity index (χ2v) is 6.99. The van der Waals surface area contributed by atoms with Crippen LogP contribution >= 0.6 is 0 Å². The van der Waals surface area contributed by atoms with Crippen LogP contribution in [-0.4, -0.2) is 50.6 Å². The number of hydrogen-bond acceptors (Lipinski definition) is 6. The molecule has 1 aromatic rings. The van der Waals surface area contributed by atoms with E-state index in [1.165, 1.54) is 0 Å². The first kappa shape index (κ1) is 26.9. The zero-order valence-electron chi connectivity index (χ0n) is 17.9. The van der Waals surface area contributed by atoms with Crippen molar-refractivity contribution in [2.75, 3.05) is 0 Å². The van der Waals surface area contributed by atoms with Crippen LogP contribution < -0.4 is 0 Å². The van der Waals surface area contributed by atoms with Crippen molar-refractivity contribution in [3.8, 4) is 0 Å². The Balaban J connectivity index is 4.07. The molecule has 1 rings (SSSR count). The largest absolute Gasteiger partial charge is 0.478 e. The molecule has 0 heterocycles. The average molecular weight is 456 g/mol. The molecule has 3 N–H and O–H groups in total. The summed E-state index contributed by atoms with van der Waals surface area (Å²) in [4.78, 5) is 71.9. The number of carbonyl (C=O) groups is 6. The Labute approximate surface area is 189 Å². The Kier molecular flexibility index (Phi) is 9.81. The van der Waals surface area contributed by atoms with Crippen LogP contribution in [0.5, 0.6) is 0 Å². The number of ketones is 3. The van der Waals surface area contributed by atoms with Crippen molar-refractivity contribution in [3.05, 3.63) is 71.3 Å². The summed E-state index contributed by atoms with van der Waals surface area (Å²) in [6.45, 7) is 9.97. The Morgan fingerprint density at radius 3 is 0.879 bits per heavy atom. The van der Waals surface area contributed by atoms with E-state index in [0.717, 1.165) is 18.2 Å². The maximum Gasteiger partial charge on any atom is 0.336 e. The molecule has 0 aliphatic carbocycles. The first-order chi connectivity index (χ1) is 15.5. The third kappa shape index (κ3) is 6.67.